The van der Waals surface area contributed by atoms with Crippen LogP contribution in [0.2, 0.25) is 0 Å². The molecule has 2 aromatic heterocycles. The van der Waals surface area contributed by atoms with Crippen molar-refractivity contribution in [3.05, 3.63) is 52.0 Å². The highest BCUT2D eigenvalue weighted by Crippen LogP contribution is 2.49. The van der Waals surface area contributed by atoms with Crippen LogP contribution in [0.4, 0.5) is 0 Å². The number of aromatic nitrogens is 1. The molecule has 1 aliphatic rings. The van der Waals surface area contributed by atoms with Crippen molar-refractivity contribution < 1.29 is 19.7 Å². The van der Waals surface area contributed by atoms with Crippen LogP contribution in [0.5, 0.6) is 5.75 Å². The van der Waals surface area contributed by atoms with Crippen LogP contribution in [0.1, 0.15) is 67.0 Å². The van der Waals surface area contributed by atoms with E-state index in [9.17, 15) is 15.0 Å². The largest absolute Gasteiger partial charge is 0.507 e. The first kappa shape index (κ1) is 22.5. The average molecular weight is 452 g/mol. The lowest BCUT2D eigenvalue weighted by molar-refractivity contribution is -0.160. The smallest absolute Gasteiger partial charge is 0.337 e. The van der Waals surface area contributed by atoms with Gasteiger partial charge in [0.2, 0.25) is 0 Å². The van der Waals surface area contributed by atoms with E-state index in [1.807, 2.05) is 46.8 Å². The third kappa shape index (κ3) is 3.93. The Kier molecular flexibility index (Phi) is 5.63. The number of fused-ring (bicyclic) bond motifs is 3. The Morgan fingerprint density at radius 1 is 1.22 bits per heavy atom. The van der Waals surface area contributed by atoms with Crippen molar-refractivity contribution in [1.82, 2.24) is 4.98 Å². The summed E-state index contributed by atoms with van der Waals surface area (Å²) in [6, 6.07) is 5.48. The summed E-state index contributed by atoms with van der Waals surface area (Å²) in [6.07, 6.45) is 1.65. The van der Waals surface area contributed by atoms with Crippen molar-refractivity contribution in [2.45, 2.75) is 65.6 Å². The summed E-state index contributed by atoms with van der Waals surface area (Å²) in [4.78, 5) is 19.3. The second-order valence-corrected chi connectivity index (χ2v) is 10.6. The Labute approximate surface area is 192 Å². The number of benzene rings is 1. The maximum Gasteiger partial charge on any atom is 0.337 e. The van der Waals surface area contributed by atoms with E-state index in [-0.39, 0.29) is 5.75 Å². The number of carboxylic acids is 1. The maximum absolute atomic E-state index is 12.4. The van der Waals surface area contributed by atoms with Crippen molar-refractivity contribution >= 4 is 33.1 Å². The molecule has 2 heterocycles. The number of hydrogen-bond donors (Lipinski definition) is 2. The molecule has 0 radical (unpaired) electrons. The number of carboxylic acid groups (broad SMARTS) is 1. The molecule has 3 aromatic rings. The summed E-state index contributed by atoms with van der Waals surface area (Å²) in [5.74, 6) is -0.973. The van der Waals surface area contributed by atoms with Crippen molar-refractivity contribution in [3.8, 4) is 16.9 Å². The molecule has 0 bridgehead atoms. The van der Waals surface area contributed by atoms with Gasteiger partial charge in [0.25, 0.3) is 0 Å². The van der Waals surface area contributed by atoms with E-state index in [1.54, 1.807) is 17.4 Å². The fourth-order valence-corrected chi connectivity index (χ4v) is 5.80. The summed E-state index contributed by atoms with van der Waals surface area (Å²) in [5, 5.41) is 22.0. The van der Waals surface area contributed by atoms with Gasteiger partial charge in [-0.1, -0.05) is 18.7 Å². The quantitative estimate of drug-likeness (QED) is 0.469. The zero-order chi connectivity index (χ0) is 23.4. The maximum atomic E-state index is 12.4. The minimum absolute atomic E-state index is 0.111. The van der Waals surface area contributed by atoms with E-state index in [2.05, 4.69) is 6.58 Å². The molecular weight excluding hydrogens is 422 g/mol. The Balaban J connectivity index is 2.16. The number of rotatable bonds is 4. The lowest BCUT2D eigenvalue weighted by Crippen LogP contribution is -2.28. The number of hydrogen-bond acceptors (Lipinski definition) is 5. The summed E-state index contributed by atoms with van der Waals surface area (Å²) >= 11 is 1.64. The monoisotopic (exact) mass is 451 g/mol. The van der Waals surface area contributed by atoms with Crippen molar-refractivity contribution in [2.24, 2.45) is 0 Å². The van der Waals surface area contributed by atoms with Gasteiger partial charge in [-0.25, -0.2) is 9.78 Å². The van der Waals surface area contributed by atoms with Crippen LogP contribution >= 0.6 is 11.3 Å². The number of aromatic hydroxyl groups is 1. The van der Waals surface area contributed by atoms with E-state index < -0.39 is 17.7 Å². The fraction of sp³-hybridized carbons (Fsp3) is 0.385. The van der Waals surface area contributed by atoms with Crippen molar-refractivity contribution in [1.29, 1.82) is 0 Å². The van der Waals surface area contributed by atoms with E-state index in [0.717, 1.165) is 46.2 Å². The van der Waals surface area contributed by atoms with Gasteiger partial charge in [-0.3, -0.25) is 0 Å². The Hall–Kier alpha value is -2.70. The minimum Gasteiger partial charge on any atom is -0.507 e. The number of aryl methyl sites for hydroxylation is 3. The zero-order valence-corrected chi connectivity index (χ0v) is 20.0. The van der Waals surface area contributed by atoms with Crippen LogP contribution < -0.4 is 0 Å². The van der Waals surface area contributed by atoms with Gasteiger partial charge < -0.3 is 14.9 Å². The molecule has 0 saturated heterocycles. The average Bonchev–Trinajstić information content (AvgIpc) is 3.04. The molecule has 6 heteroatoms. The van der Waals surface area contributed by atoms with Crippen LogP contribution in [0, 0.1) is 13.8 Å². The second-order valence-electron chi connectivity index (χ2n) is 9.49. The molecule has 0 unspecified atom stereocenters. The van der Waals surface area contributed by atoms with Crippen molar-refractivity contribution in [2.75, 3.05) is 0 Å². The number of allylic oxidation sites excluding steroid dienone is 1. The van der Waals surface area contributed by atoms with Crippen LogP contribution in [0.15, 0.2) is 24.8 Å². The van der Waals surface area contributed by atoms with Crippen LogP contribution in [0.3, 0.4) is 0 Å². The third-order valence-corrected chi connectivity index (χ3v) is 6.90. The van der Waals surface area contributed by atoms with Gasteiger partial charge in [0, 0.05) is 38.2 Å². The first-order chi connectivity index (χ1) is 15.0. The summed E-state index contributed by atoms with van der Waals surface area (Å²) < 4.78 is 6.05. The van der Waals surface area contributed by atoms with Crippen LogP contribution in [0.25, 0.3) is 26.9 Å². The summed E-state index contributed by atoms with van der Waals surface area (Å²) in [6.45, 7) is 13.5. The molecule has 1 aromatic carbocycles. The van der Waals surface area contributed by atoms with Gasteiger partial charge in [0.15, 0.2) is 6.10 Å². The van der Waals surface area contributed by atoms with Gasteiger partial charge in [-0.05, 0) is 71.1 Å². The molecule has 2 N–H and O–H groups in total. The molecule has 1 aliphatic carbocycles. The lowest BCUT2D eigenvalue weighted by atomic mass is 9.85. The standard InChI is InChI=1S/C26H29NO4S/c1-13-10-11-16(17(28)12-13)21-20(23(25(29)30)31-26(4,5)6)15(3)27-24-22(21)19-14(2)8-7-9-18(19)32-24/h10-12,23,28H,2,7-9H2,1,3-6H3,(H,29,30)/t23-/m1/s1. The van der Waals surface area contributed by atoms with Gasteiger partial charge in [0.05, 0.1) is 5.60 Å². The molecule has 0 aliphatic heterocycles. The van der Waals surface area contributed by atoms with Crippen LogP contribution in [-0.4, -0.2) is 26.8 Å². The number of pyridine rings is 1. The number of aliphatic carboxylic acids is 1. The molecular formula is C26H29NO4S. The molecule has 4 rings (SSSR count). The van der Waals surface area contributed by atoms with Gasteiger partial charge in [-0.2, -0.15) is 0 Å². The Morgan fingerprint density at radius 2 is 1.94 bits per heavy atom. The molecule has 32 heavy (non-hydrogen) atoms. The van der Waals surface area contributed by atoms with Gasteiger partial charge >= 0.3 is 5.97 Å². The van der Waals surface area contributed by atoms with Crippen molar-refractivity contribution in [3.63, 3.8) is 0 Å². The third-order valence-electron chi connectivity index (χ3n) is 5.76. The molecule has 168 valence electrons. The SMILES string of the molecule is C=C1CCCc2sc3nc(C)c([C@@H](OC(C)(C)C)C(=O)O)c(-c4ccc(C)cc4O)c3c21. The number of thiophene rings is 1. The predicted molar refractivity (Wildman–Crippen MR) is 129 cm³/mol. The highest BCUT2D eigenvalue weighted by Gasteiger charge is 2.34. The molecule has 5 nitrogen and oxygen atoms in total. The van der Waals surface area contributed by atoms with Gasteiger partial charge in [0.1, 0.15) is 10.6 Å². The predicted octanol–water partition coefficient (Wildman–Crippen LogP) is 6.58. The van der Waals surface area contributed by atoms with E-state index in [1.165, 1.54) is 4.88 Å². The van der Waals surface area contributed by atoms with Gasteiger partial charge in [-0.15, -0.1) is 11.3 Å². The number of phenolic OH excluding ortho intramolecular Hbond substituents is 1. The fourth-order valence-electron chi connectivity index (χ4n) is 4.48. The number of phenols is 1. The molecule has 0 spiro atoms. The van der Waals surface area contributed by atoms with Crippen LogP contribution in [-0.2, 0) is 16.0 Å². The number of carbonyl (C=O) groups is 1. The topological polar surface area (TPSA) is 79.7 Å². The number of ether oxygens (including phenoxy) is 1. The first-order valence-corrected chi connectivity index (χ1v) is 11.6. The van der Waals surface area contributed by atoms with E-state index in [0.29, 0.717) is 22.4 Å². The molecule has 1 atom stereocenters. The Morgan fingerprint density at radius 3 is 2.56 bits per heavy atom. The normalized spacial score (nSPS) is 15.1. The van der Waals surface area contributed by atoms with E-state index >= 15 is 0 Å². The Bertz CT molecular complexity index is 1250. The zero-order valence-electron chi connectivity index (χ0n) is 19.2. The number of nitrogens with zero attached hydrogens (tertiary/aromatic N) is 1. The molecule has 0 amide bonds. The summed E-state index contributed by atoms with van der Waals surface area (Å²) in [5.41, 5.74) is 4.67. The highest BCUT2D eigenvalue weighted by molar-refractivity contribution is 7.19. The lowest BCUT2D eigenvalue weighted by Gasteiger charge is -2.28. The van der Waals surface area contributed by atoms with E-state index in [4.69, 9.17) is 9.72 Å². The second kappa shape index (κ2) is 8.01. The molecule has 0 saturated carbocycles. The molecule has 0 fully saturated rings. The summed E-state index contributed by atoms with van der Waals surface area (Å²) in [7, 11) is 0. The first-order valence-electron chi connectivity index (χ1n) is 10.8. The highest BCUT2D eigenvalue weighted by atomic mass is 32.1. The minimum atomic E-state index is -1.23.